The molecule has 1 saturated heterocycles. The van der Waals surface area contributed by atoms with Crippen LogP contribution in [-0.4, -0.2) is 59.2 Å². The first-order valence-electron chi connectivity index (χ1n) is 10.9. The fourth-order valence-corrected chi connectivity index (χ4v) is 5.57. The van der Waals surface area contributed by atoms with Gasteiger partial charge in [-0.05, 0) is 51.5 Å². The Balaban J connectivity index is 1.63. The van der Waals surface area contributed by atoms with Crippen LogP contribution in [0.25, 0.3) is 10.2 Å². The molecule has 164 valence electrons. The zero-order chi connectivity index (χ0) is 21.3. The molecule has 0 radical (unpaired) electrons. The summed E-state index contributed by atoms with van der Waals surface area (Å²) in [6.45, 7) is 12.5. The van der Waals surface area contributed by atoms with Crippen LogP contribution in [0.15, 0.2) is 0 Å². The van der Waals surface area contributed by atoms with E-state index in [4.69, 9.17) is 14.7 Å². The summed E-state index contributed by atoms with van der Waals surface area (Å²) < 4.78 is 5.46. The molecule has 0 saturated carbocycles. The molecule has 1 atom stereocenters. The lowest BCUT2D eigenvalue weighted by atomic mass is 9.89. The van der Waals surface area contributed by atoms with Crippen LogP contribution in [0, 0.1) is 5.92 Å². The van der Waals surface area contributed by atoms with E-state index in [1.54, 1.807) is 11.3 Å². The average molecular weight is 432 g/mol. The molecular weight excluding hydrogens is 398 g/mol. The number of nitrogens with zero attached hydrogens (tertiary/aromatic N) is 3. The second-order valence-corrected chi connectivity index (χ2v) is 10.6. The van der Waals surface area contributed by atoms with E-state index < -0.39 is 0 Å². The third kappa shape index (κ3) is 5.10. The number of carbonyl (C=O) groups is 1. The maximum atomic E-state index is 12.4. The van der Waals surface area contributed by atoms with Gasteiger partial charge in [0.1, 0.15) is 16.5 Å². The molecule has 2 N–H and O–H groups in total. The molecule has 0 unspecified atom stereocenters. The molecule has 2 aromatic heterocycles. The van der Waals surface area contributed by atoms with E-state index in [0.717, 1.165) is 61.0 Å². The Morgan fingerprint density at radius 1 is 1.27 bits per heavy atom. The molecule has 4 rings (SSSR count). The summed E-state index contributed by atoms with van der Waals surface area (Å²) in [5.41, 5.74) is 1.13. The summed E-state index contributed by atoms with van der Waals surface area (Å²) in [4.78, 5) is 27.0. The van der Waals surface area contributed by atoms with E-state index in [1.165, 1.54) is 16.9 Å². The number of aromatic nitrogens is 2. The number of anilines is 1. The molecule has 8 heteroatoms. The van der Waals surface area contributed by atoms with Crippen molar-refractivity contribution in [1.29, 1.82) is 0 Å². The van der Waals surface area contributed by atoms with Crippen molar-refractivity contribution >= 4 is 33.3 Å². The summed E-state index contributed by atoms with van der Waals surface area (Å²) in [5, 5.41) is 7.47. The normalized spacial score (nSPS) is 20.2. The summed E-state index contributed by atoms with van der Waals surface area (Å²) in [5.74, 6) is 2.30. The van der Waals surface area contributed by atoms with Crippen LogP contribution in [0.5, 0.6) is 0 Å². The molecule has 30 heavy (non-hydrogen) atoms. The number of ether oxygens (including phenoxy) is 1. The molecule has 1 aliphatic carbocycles. The van der Waals surface area contributed by atoms with Gasteiger partial charge in [0.25, 0.3) is 0 Å². The number of aryl methyl sites for hydroxylation is 1. The van der Waals surface area contributed by atoms with Crippen molar-refractivity contribution in [1.82, 2.24) is 20.2 Å². The second-order valence-electron chi connectivity index (χ2n) is 9.56. The van der Waals surface area contributed by atoms with Crippen LogP contribution in [0.4, 0.5) is 5.82 Å². The van der Waals surface area contributed by atoms with Crippen LogP contribution in [0.3, 0.4) is 0 Å². The predicted molar refractivity (Wildman–Crippen MR) is 121 cm³/mol. The maximum Gasteiger partial charge on any atom is 0.239 e. The number of thiophene rings is 1. The van der Waals surface area contributed by atoms with Crippen LogP contribution in [-0.2, 0) is 28.9 Å². The second kappa shape index (κ2) is 8.77. The van der Waals surface area contributed by atoms with Gasteiger partial charge in [0.2, 0.25) is 5.91 Å². The molecule has 7 nitrogen and oxygen atoms in total. The summed E-state index contributed by atoms with van der Waals surface area (Å²) in [7, 11) is 0. The highest BCUT2D eigenvalue weighted by Crippen LogP contribution is 2.40. The van der Waals surface area contributed by atoms with Gasteiger partial charge in [-0.15, -0.1) is 11.3 Å². The first-order valence-corrected chi connectivity index (χ1v) is 11.8. The third-order valence-corrected chi connectivity index (χ3v) is 6.75. The largest absolute Gasteiger partial charge is 0.379 e. The molecule has 1 amide bonds. The van der Waals surface area contributed by atoms with Gasteiger partial charge in [0.05, 0.1) is 31.7 Å². The summed E-state index contributed by atoms with van der Waals surface area (Å²) in [6.07, 6.45) is 3.36. The smallest absolute Gasteiger partial charge is 0.239 e. The minimum absolute atomic E-state index is 0.0262. The van der Waals surface area contributed by atoms with Gasteiger partial charge >= 0.3 is 0 Å². The van der Waals surface area contributed by atoms with Crippen molar-refractivity contribution in [2.45, 2.75) is 59.0 Å². The van der Waals surface area contributed by atoms with Gasteiger partial charge in [0.15, 0.2) is 0 Å². The highest BCUT2D eigenvalue weighted by Gasteiger charge is 2.25. The van der Waals surface area contributed by atoms with Gasteiger partial charge < -0.3 is 15.4 Å². The number of hydrogen-bond acceptors (Lipinski definition) is 7. The van der Waals surface area contributed by atoms with Gasteiger partial charge in [-0.3, -0.25) is 9.69 Å². The van der Waals surface area contributed by atoms with Crippen molar-refractivity contribution in [2.75, 3.05) is 38.2 Å². The van der Waals surface area contributed by atoms with Crippen LogP contribution < -0.4 is 10.6 Å². The number of carbonyl (C=O) groups excluding carboxylic acids is 1. The molecule has 0 bridgehead atoms. The van der Waals surface area contributed by atoms with Gasteiger partial charge in [0, 0.05) is 23.5 Å². The minimum atomic E-state index is -0.251. The third-order valence-electron chi connectivity index (χ3n) is 5.60. The van der Waals surface area contributed by atoms with Crippen molar-refractivity contribution in [3.63, 3.8) is 0 Å². The lowest BCUT2D eigenvalue weighted by molar-refractivity contribution is -0.120. The number of morpholine rings is 1. The van der Waals surface area contributed by atoms with Crippen molar-refractivity contribution in [2.24, 2.45) is 5.92 Å². The van der Waals surface area contributed by atoms with E-state index in [2.05, 4.69) is 22.5 Å². The van der Waals surface area contributed by atoms with Gasteiger partial charge in [-0.25, -0.2) is 9.97 Å². The fraction of sp³-hybridized carbons (Fsp3) is 0.682. The topological polar surface area (TPSA) is 79.4 Å². The summed E-state index contributed by atoms with van der Waals surface area (Å²) >= 11 is 1.80. The first-order chi connectivity index (χ1) is 14.3. The first kappa shape index (κ1) is 21.5. The maximum absolute atomic E-state index is 12.4. The Kier molecular flexibility index (Phi) is 6.27. The number of rotatable bonds is 5. The Labute approximate surface area is 182 Å². The molecule has 3 heterocycles. The molecular formula is C22H33N5O2S. The Bertz CT molecular complexity index is 914. The zero-order valence-electron chi connectivity index (χ0n) is 18.5. The van der Waals surface area contributed by atoms with Crippen molar-refractivity contribution in [3.05, 3.63) is 16.3 Å². The Morgan fingerprint density at radius 2 is 2.03 bits per heavy atom. The van der Waals surface area contributed by atoms with Crippen molar-refractivity contribution < 1.29 is 9.53 Å². The Morgan fingerprint density at radius 3 is 2.77 bits per heavy atom. The zero-order valence-corrected chi connectivity index (χ0v) is 19.3. The van der Waals surface area contributed by atoms with Crippen LogP contribution >= 0.6 is 11.3 Å². The van der Waals surface area contributed by atoms with E-state index in [0.29, 0.717) is 12.5 Å². The molecule has 0 spiro atoms. The minimum Gasteiger partial charge on any atom is -0.379 e. The standard InChI is InChI=1S/C22H33N5O2S/c1-14-5-6-15-16(11-14)30-21-19(15)20(23-12-18(28)26-22(2,3)4)24-17(25-21)13-27-7-9-29-10-8-27/h14H,5-13H2,1-4H3,(H,26,28)(H,23,24,25)/t14-/m0/s1. The average Bonchev–Trinajstić information content (AvgIpc) is 3.03. The number of hydrogen-bond donors (Lipinski definition) is 2. The monoisotopic (exact) mass is 431 g/mol. The highest BCUT2D eigenvalue weighted by atomic mass is 32.1. The molecule has 1 fully saturated rings. The quantitative estimate of drug-likeness (QED) is 0.758. The van der Waals surface area contributed by atoms with E-state index in [1.807, 2.05) is 20.8 Å². The van der Waals surface area contributed by atoms with Crippen molar-refractivity contribution in [3.8, 4) is 0 Å². The molecule has 2 aromatic rings. The SMILES string of the molecule is C[C@H]1CCc2c(sc3nc(CN4CCOCC4)nc(NCC(=O)NC(C)(C)C)c23)C1. The molecule has 2 aliphatic rings. The van der Waals surface area contributed by atoms with Gasteiger partial charge in [-0.1, -0.05) is 6.92 Å². The highest BCUT2D eigenvalue weighted by molar-refractivity contribution is 7.19. The Hall–Kier alpha value is -1.77. The van der Waals surface area contributed by atoms with Crippen LogP contribution in [0.2, 0.25) is 0 Å². The molecule has 1 aliphatic heterocycles. The number of fused-ring (bicyclic) bond motifs is 3. The van der Waals surface area contributed by atoms with E-state index in [-0.39, 0.29) is 18.0 Å². The lowest BCUT2D eigenvalue weighted by Crippen LogP contribution is -2.43. The fourth-order valence-electron chi connectivity index (χ4n) is 4.17. The number of amides is 1. The van der Waals surface area contributed by atoms with Gasteiger partial charge in [-0.2, -0.15) is 0 Å². The van der Waals surface area contributed by atoms with E-state index >= 15 is 0 Å². The van der Waals surface area contributed by atoms with Crippen LogP contribution in [0.1, 0.15) is 50.4 Å². The van der Waals surface area contributed by atoms with E-state index in [9.17, 15) is 4.79 Å². The molecule has 0 aromatic carbocycles. The predicted octanol–water partition coefficient (Wildman–Crippen LogP) is 2.97. The lowest BCUT2D eigenvalue weighted by Gasteiger charge is -2.26. The summed E-state index contributed by atoms with van der Waals surface area (Å²) in [6, 6.07) is 0. The number of nitrogens with one attached hydrogen (secondary N) is 2.